The molecule has 0 atom stereocenters. The number of hydrogen-bond donors (Lipinski definition) is 0. The minimum absolute atomic E-state index is 0.993. The number of hydrogen-bond acceptors (Lipinski definition) is 0. The Kier molecular flexibility index (Phi) is 0.152. The summed E-state index contributed by atoms with van der Waals surface area (Å²) < 4.78 is 4.97. The van der Waals surface area contributed by atoms with Gasteiger partial charge in [0.15, 0.2) is 0 Å². The summed E-state index contributed by atoms with van der Waals surface area (Å²) in [6.45, 7) is 11.1. The minimum atomic E-state index is -3.12. The standard InChI is InChI=1S/C10H15.C5H5.Fe/c1-6-7(2)9(4)10(5)8(6)3;1-2-4-5-3-1;/h1-5H3;1-5H;. The molecule has 10 heterocycles. The van der Waals surface area contributed by atoms with Crippen LogP contribution in [0.5, 0.6) is 0 Å². The zero-order chi connectivity index (χ0) is 10.7. The molecule has 0 radical (unpaired) electrons. The molecule has 10 aliphatic heterocycles. The van der Waals surface area contributed by atoms with Crippen LogP contribution in [-0.4, -0.2) is 0 Å². The fourth-order valence-electron chi connectivity index (χ4n) is 23.4. The van der Waals surface area contributed by atoms with Crippen molar-refractivity contribution in [2.45, 2.75) is 80.3 Å². The molecule has 0 nitrogen and oxygen atoms in total. The number of rotatable bonds is 0. The fraction of sp³-hybridized carbons (Fsp3) is 1.00. The van der Waals surface area contributed by atoms with Crippen LogP contribution < -0.4 is 0 Å². The Labute approximate surface area is 86.8 Å². The average molecular weight is 256 g/mol. The molecule has 10 rings (SSSR count). The van der Waals surface area contributed by atoms with Gasteiger partial charge in [-0.15, -0.1) is 0 Å². The van der Waals surface area contributed by atoms with Crippen molar-refractivity contribution in [1.82, 2.24) is 0 Å². The van der Waals surface area contributed by atoms with E-state index in [0.29, 0.717) is 0 Å². The molecule has 10 fully saturated rings. The van der Waals surface area contributed by atoms with Gasteiger partial charge in [0.2, 0.25) is 0 Å². The molecule has 10 aliphatic rings. The summed E-state index contributed by atoms with van der Waals surface area (Å²) in [6.07, 6.45) is 0. The maximum absolute atomic E-state index is 3.12. The first kappa shape index (κ1) is 6.11. The Morgan fingerprint density at radius 3 is 0.688 bits per heavy atom. The van der Waals surface area contributed by atoms with E-state index in [1.165, 1.54) is 24.1 Å². The van der Waals surface area contributed by atoms with Crippen LogP contribution in [0.2, 0.25) is 45.6 Å². The molecule has 16 heavy (non-hydrogen) atoms. The van der Waals surface area contributed by atoms with Gasteiger partial charge in [0, 0.05) is 0 Å². The molecule has 0 unspecified atom stereocenters. The van der Waals surface area contributed by atoms with Crippen LogP contribution in [0.1, 0.15) is 34.6 Å². The van der Waals surface area contributed by atoms with E-state index in [1.54, 1.807) is 0 Å². The van der Waals surface area contributed by atoms with Crippen molar-refractivity contribution < 1.29 is 6.51 Å². The Hall–Kier alpha value is 0.519. The third kappa shape index (κ3) is 0.0363. The van der Waals surface area contributed by atoms with Gasteiger partial charge < -0.3 is 0 Å². The van der Waals surface area contributed by atoms with Crippen molar-refractivity contribution >= 4 is 0 Å². The van der Waals surface area contributed by atoms with E-state index < -0.39 is 6.51 Å². The van der Waals surface area contributed by atoms with Crippen LogP contribution in [0.25, 0.3) is 0 Å². The molecule has 0 aromatic carbocycles. The van der Waals surface area contributed by atoms with Crippen molar-refractivity contribution in [2.75, 3.05) is 0 Å². The first-order valence-electron chi connectivity index (χ1n) is 7.32. The van der Waals surface area contributed by atoms with Gasteiger partial charge >= 0.3 is 86.8 Å². The zero-order valence-electron chi connectivity index (χ0n) is 10.7. The Balaban J connectivity index is 2.02. The van der Waals surface area contributed by atoms with Crippen LogP contribution >= 0.6 is 0 Å². The predicted octanol–water partition coefficient (Wildman–Crippen LogP) is 5.33. The summed E-state index contributed by atoms with van der Waals surface area (Å²) in [5.41, 5.74) is 0. The van der Waals surface area contributed by atoms with Gasteiger partial charge in [-0.25, -0.2) is 0 Å². The van der Waals surface area contributed by atoms with Gasteiger partial charge in [0.25, 0.3) is 0 Å². The van der Waals surface area contributed by atoms with Crippen LogP contribution in [0.4, 0.5) is 0 Å². The average Bonchev–Trinajstić information content (AvgIpc) is 3.19. The summed E-state index contributed by atoms with van der Waals surface area (Å²) in [7, 11) is 0. The summed E-state index contributed by atoms with van der Waals surface area (Å²) in [4.78, 5) is 7.15. The quantitative estimate of drug-likeness (QED) is 0.514. The van der Waals surface area contributed by atoms with E-state index in [2.05, 4.69) is 34.6 Å². The van der Waals surface area contributed by atoms with Crippen LogP contribution in [-0.2, 0) is 6.51 Å². The summed E-state index contributed by atoms with van der Waals surface area (Å²) in [5.74, 6) is 0. The van der Waals surface area contributed by atoms with E-state index in [-0.39, 0.29) is 0 Å². The summed E-state index contributed by atoms with van der Waals surface area (Å²) in [5, 5.41) is 0. The SMILES string of the molecule is C[C]12[C]3(C)[C]4(C)[C]5(C)[C]1(C)[Fe]23451678[CH]2[CH]1[CH]6[CH]7[CH]28. The van der Waals surface area contributed by atoms with Crippen molar-refractivity contribution in [3.8, 4) is 0 Å². The van der Waals surface area contributed by atoms with Gasteiger partial charge in [0.05, 0.1) is 0 Å². The third-order valence-electron chi connectivity index (χ3n) is 19.6. The van der Waals surface area contributed by atoms with Crippen LogP contribution in [0.15, 0.2) is 0 Å². The molecule has 1 heteroatoms. The molecule has 0 aliphatic carbocycles. The summed E-state index contributed by atoms with van der Waals surface area (Å²) >= 11 is 0. The normalized spacial score (nSPS) is 145. The van der Waals surface area contributed by atoms with Crippen molar-refractivity contribution in [1.29, 1.82) is 0 Å². The van der Waals surface area contributed by atoms with Crippen LogP contribution in [0, 0.1) is 0 Å². The maximum atomic E-state index is 2.85. The monoisotopic (exact) mass is 256 g/mol. The fourth-order valence-corrected chi connectivity index (χ4v) is 111. The second-order valence-electron chi connectivity index (χ2n) is 11.6. The van der Waals surface area contributed by atoms with Gasteiger partial charge in [0.1, 0.15) is 0 Å². The van der Waals surface area contributed by atoms with Crippen molar-refractivity contribution in [3.63, 3.8) is 0 Å². The van der Waals surface area contributed by atoms with Gasteiger partial charge in [-0.3, -0.25) is 0 Å². The molecule has 0 N–H and O–H groups in total. The van der Waals surface area contributed by atoms with Crippen molar-refractivity contribution in [2.24, 2.45) is 0 Å². The molecule has 0 aromatic rings. The Bertz CT molecular complexity index is 857. The number of fused-ring (bicyclic) bond motifs is 10. The molecule has 0 aromatic heterocycles. The van der Waals surface area contributed by atoms with Gasteiger partial charge in [-0.2, -0.15) is 0 Å². The first-order chi connectivity index (χ1) is 7.12. The first-order valence-corrected chi connectivity index (χ1v) is 13.3. The summed E-state index contributed by atoms with van der Waals surface area (Å²) in [6, 6.07) is 0. The van der Waals surface area contributed by atoms with E-state index in [0.717, 1.165) is 21.6 Å². The van der Waals surface area contributed by atoms with Crippen LogP contribution in [0.3, 0.4) is 0 Å². The second-order valence-corrected chi connectivity index (χ2v) is 35.3. The van der Waals surface area contributed by atoms with E-state index in [4.69, 9.17) is 0 Å². The molecule has 0 bridgehead atoms. The van der Waals surface area contributed by atoms with E-state index >= 15 is 0 Å². The molecule has 88 valence electrons. The van der Waals surface area contributed by atoms with Gasteiger partial charge in [-0.1, -0.05) is 0 Å². The Morgan fingerprint density at radius 1 is 0.500 bits per heavy atom. The second kappa shape index (κ2) is 0.399. The van der Waals surface area contributed by atoms with Gasteiger partial charge in [-0.05, 0) is 0 Å². The van der Waals surface area contributed by atoms with Crippen molar-refractivity contribution in [3.05, 3.63) is 0 Å². The molecule has 10 saturated heterocycles. The van der Waals surface area contributed by atoms with E-state index in [9.17, 15) is 0 Å². The molecule has 0 amide bonds. The molecular formula is C15H20Fe. The molecular weight excluding hydrogens is 236 g/mol. The Morgan fingerprint density at radius 2 is 0.688 bits per heavy atom. The predicted molar refractivity (Wildman–Crippen MR) is 60.6 cm³/mol. The molecule has 0 saturated carbocycles. The zero-order valence-corrected chi connectivity index (χ0v) is 11.8. The topological polar surface area (TPSA) is 0 Å². The van der Waals surface area contributed by atoms with E-state index in [1.807, 2.05) is 0 Å². The third-order valence-corrected chi connectivity index (χ3v) is 70.3. The molecule has 1 spiro atoms.